The Kier molecular flexibility index (Phi) is 4.46. The van der Waals surface area contributed by atoms with Crippen molar-refractivity contribution in [2.75, 3.05) is 26.2 Å². The van der Waals surface area contributed by atoms with E-state index < -0.39 is 5.97 Å². The van der Waals surface area contributed by atoms with Crippen molar-refractivity contribution in [1.29, 1.82) is 0 Å². The quantitative estimate of drug-likeness (QED) is 0.657. The minimum atomic E-state index is -0.878. The Labute approximate surface area is 147 Å². The summed E-state index contributed by atoms with van der Waals surface area (Å²) in [7, 11) is 0. The first-order valence-corrected chi connectivity index (χ1v) is 9.34. The molecule has 1 aromatic carbocycles. The Morgan fingerprint density at radius 1 is 1.28 bits per heavy atom. The van der Waals surface area contributed by atoms with E-state index in [1.807, 2.05) is 12.1 Å². The van der Waals surface area contributed by atoms with Crippen LogP contribution in [0.4, 0.5) is 0 Å². The second-order valence-electron chi connectivity index (χ2n) is 7.68. The first-order valence-electron chi connectivity index (χ1n) is 9.34. The Morgan fingerprint density at radius 2 is 2.08 bits per heavy atom. The molecule has 3 fully saturated rings. The van der Waals surface area contributed by atoms with Crippen LogP contribution in [0.25, 0.3) is 0 Å². The number of carbonyl (C=O) groups is 1. The van der Waals surface area contributed by atoms with Crippen LogP contribution in [0.15, 0.2) is 23.5 Å². The van der Waals surface area contributed by atoms with Gasteiger partial charge in [-0.1, -0.05) is 12.1 Å². The van der Waals surface area contributed by atoms with Crippen LogP contribution in [-0.2, 0) is 6.42 Å². The highest BCUT2D eigenvalue weighted by atomic mass is 16.4. The number of piperidine rings is 3. The van der Waals surface area contributed by atoms with Crippen molar-refractivity contribution in [3.05, 3.63) is 39.8 Å². The van der Waals surface area contributed by atoms with Gasteiger partial charge in [0.1, 0.15) is 0 Å². The summed E-state index contributed by atoms with van der Waals surface area (Å²) in [6.07, 6.45) is 5.15. The molecule has 0 saturated carbocycles. The zero-order chi connectivity index (χ0) is 17.4. The number of benzene rings is 1. The molecule has 1 aliphatic carbocycles. The maximum atomic E-state index is 11.7. The lowest BCUT2D eigenvalue weighted by atomic mass is 9.79. The fourth-order valence-electron chi connectivity index (χ4n) is 5.09. The Morgan fingerprint density at radius 3 is 2.72 bits per heavy atom. The topological polar surface area (TPSA) is 73.2 Å². The molecular formula is C19H25N3O3. The van der Waals surface area contributed by atoms with Gasteiger partial charge in [0.2, 0.25) is 0 Å². The maximum Gasteiger partial charge on any atom is 0.335 e. The lowest BCUT2D eigenvalue weighted by molar-refractivity contribution is 0.00193. The summed E-state index contributed by atoms with van der Waals surface area (Å²) >= 11 is 0. The Balaban J connectivity index is 1.59. The van der Waals surface area contributed by atoms with E-state index in [4.69, 9.17) is 0 Å². The van der Waals surface area contributed by atoms with Crippen LogP contribution in [0.3, 0.4) is 0 Å². The molecule has 6 nitrogen and oxygen atoms in total. The van der Waals surface area contributed by atoms with E-state index in [1.165, 1.54) is 0 Å². The first kappa shape index (κ1) is 16.5. The number of fused-ring (bicyclic) bond motifs is 4. The molecule has 5 rings (SSSR count). The van der Waals surface area contributed by atoms with Gasteiger partial charge in [-0.05, 0) is 68.3 Å². The highest BCUT2D eigenvalue weighted by molar-refractivity contribution is 5.90. The number of aryl methyl sites for hydroxylation is 1. The highest BCUT2D eigenvalue weighted by Gasteiger charge is 2.39. The summed E-state index contributed by atoms with van der Waals surface area (Å²) in [5.74, 6) is -0.262. The zero-order valence-electron chi connectivity index (χ0n) is 14.4. The molecule has 4 aliphatic rings. The summed E-state index contributed by atoms with van der Waals surface area (Å²) in [6, 6.07) is 5.73. The number of carboxylic acids is 1. The van der Waals surface area contributed by atoms with Gasteiger partial charge >= 0.3 is 5.97 Å². The number of rotatable bonds is 5. The molecule has 25 heavy (non-hydrogen) atoms. The number of nitrogens with zero attached hydrogens (tertiary/aromatic N) is 3. The summed E-state index contributed by atoms with van der Waals surface area (Å²) in [5.41, 5.74) is 2.44. The third-order valence-corrected chi connectivity index (χ3v) is 6.35. The van der Waals surface area contributed by atoms with Crippen molar-refractivity contribution < 1.29 is 9.90 Å². The van der Waals surface area contributed by atoms with Crippen LogP contribution in [0.1, 0.15) is 53.1 Å². The molecule has 0 unspecified atom stereocenters. The van der Waals surface area contributed by atoms with E-state index in [1.54, 1.807) is 11.1 Å². The predicted octanol–water partition coefficient (Wildman–Crippen LogP) is 2.88. The molecule has 2 atom stereocenters. The van der Waals surface area contributed by atoms with E-state index in [0.29, 0.717) is 18.0 Å². The predicted molar refractivity (Wildman–Crippen MR) is 94.5 cm³/mol. The van der Waals surface area contributed by atoms with Crippen molar-refractivity contribution in [2.45, 2.75) is 44.1 Å². The molecule has 1 aromatic rings. The largest absolute Gasteiger partial charge is 0.478 e. The molecule has 1 N–H and O–H groups in total. The fourth-order valence-corrected chi connectivity index (χ4v) is 5.09. The van der Waals surface area contributed by atoms with Crippen molar-refractivity contribution in [2.24, 2.45) is 11.2 Å². The zero-order valence-corrected chi connectivity index (χ0v) is 14.4. The molecule has 0 radical (unpaired) electrons. The van der Waals surface area contributed by atoms with Crippen LogP contribution >= 0.6 is 0 Å². The molecule has 2 bridgehead atoms. The molecule has 3 heterocycles. The van der Waals surface area contributed by atoms with Crippen molar-refractivity contribution in [1.82, 2.24) is 9.91 Å². The maximum absolute atomic E-state index is 11.7. The van der Waals surface area contributed by atoms with Crippen LogP contribution in [0.5, 0.6) is 0 Å². The SMILES string of the molecule is O=NN(C[C@H]1CCCc2cccc(C(=O)O)c21)[C@H]1CN2CCC1CC2. The lowest BCUT2D eigenvalue weighted by Crippen LogP contribution is -2.56. The average Bonchev–Trinajstić information content (AvgIpc) is 2.66. The van der Waals surface area contributed by atoms with Gasteiger partial charge in [-0.15, -0.1) is 4.91 Å². The van der Waals surface area contributed by atoms with Crippen LogP contribution in [0, 0.1) is 10.8 Å². The summed E-state index contributed by atoms with van der Waals surface area (Å²) in [4.78, 5) is 25.7. The van der Waals surface area contributed by atoms with E-state index >= 15 is 0 Å². The molecule has 3 aliphatic heterocycles. The molecule has 0 aromatic heterocycles. The standard InChI is InChI=1S/C19H25N3O3/c23-19(24)16-6-2-4-14-3-1-5-15(18(14)16)11-22(20-25)17-12-21-9-7-13(17)8-10-21/h2,4,6,13,15,17H,1,3,5,7-12H2,(H,23,24)/t15-,17+/m1/s1. The number of hydrogen-bond donors (Lipinski definition) is 1. The van der Waals surface area contributed by atoms with Crippen LogP contribution in [-0.4, -0.2) is 53.2 Å². The van der Waals surface area contributed by atoms with Gasteiger partial charge in [-0.25, -0.2) is 4.79 Å². The van der Waals surface area contributed by atoms with Crippen LogP contribution in [0.2, 0.25) is 0 Å². The first-order chi connectivity index (χ1) is 12.2. The molecule has 0 amide bonds. The lowest BCUT2D eigenvalue weighted by Gasteiger charge is -2.47. The van der Waals surface area contributed by atoms with Gasteiger partial charge in [0.15, 0.2) is 0 Å². The second-order valence-corrected chi connectivity index (χ2v) is 7.68. The number of nitroso groups, excluding NO2 is 1. The van der Waals surface area contributed by atoms with Gasteiger partial charge in [0, 0.05) is 19.0 Å². The summed E-state index contributed by atoms with van der Waals surface area (Å²) < 4.78 is 0. The molecule has 6 heteroatoms. The Hall–Kier alpha value is -1.95. The van der Waals surface area contributed by atoms with E-state index in [9.17, 15) is 14.8 Å². The molecule has 3 saturated heterocycles. The summed E-state index contributed by atoms with van der Waals surface area (Å²) in [5, 5.41) is 14.7. The fraction of sp³-hybridized carbons (Fsp3) is 0.632. The van der Waals surface area contributed by atoms with Gasteiger partial charge in [0.05, 0.1) is 16.9 Å². The number of hydrogen-bond acceptors (Lipinski definition) is 4. The molecular weight excluding hydrogens is 318 g/mol. The highest BCUT2D eigenvalue weighted by Crippen LogP contribution is 2.37. The number of aromatic carboxylic acids is 1. The van der Waals surface area contributed by atoms with Gasteiger partial charge in [-0.2, -0.15) is 0 Å². The smallest absolute Gasteiger partial charge is 0.335 e. The minimum absolute atomic E-state index is 0.0733. The van der Waals surface area contributed by atoms with Crippen molar-refractivity contribution in [3.63, 3.8) is 0 Å². The average molecular weight is 343 g/mol. The van der Waals surface area contributed by atoms with E-state index in [-0.39, 0.29) is 12.0 Å². The summed E-state index contributed by atoms with van der Waals surface area (Å²) in [6.45, 7) is 3.71. The Bertz CT molecular complexity index is 670. The molecule has 134 valence electrons. The van der Waals surface area contributed by atoms with Crippen molar-refractivity contribution >= 4 is 5.97 Å². The van der Waals surface area contributed by atoms with Gasteiger partial charge in [-0.3, -0.25) is 5.01 Å². The van der Waals surface area contributed by atoms with E-state index in [0.717, 1.165) is 62.9 Å². The van der Waals surface area contributed by atoms with Crippen LogP contribution < -0.4 is 0 Å². The normalized spacial score (nSPS) is 30.6. The van der Waals surface area contributed by atoms with Crippen molar-refractivity contribution in [3.8, 4) is 0 Å². The van der Waals surface area contributed by atoms with Gasteiger partial charge < -0.3 is 10.0 Å². The monoisotopic (exact) mass is 343 g/mol. The third kappa shape index (κ3) is 3.03. The van der Waals surface area contributed by atoms with Gasteiger partial charge in [0.25, 0.3) is 0 Å². The van der Waals surface area contributed by atoms with E-state index in [2.05, 4.69) is 10.2 Å². The minimum Gasteiger partial charge on any atom is -0.478 e. The number of carboxylic acid groups (broad SMARTS) is 1. The molecule has 0 spiro atoms. The third-order valence-electron chi connectivity index (χ3n) is 6.35. The second kappa shape index (κ2) is 6.75.